The summed E-state index contributed by atoms with van der Waals surface area (Å²) in [5, 5.41) is 3.24. The standard InChI is InChI=1S/C22H25N3O4S2/c1-2-3-4-8-18-19(30-22(23)25-18)14-15-10-12-16(13-11-15)24-21(26)17-7-5-6-9-20(17)31(27,28)29/h5-7,9-13H,2-4,8,14H2,1H3,(H2,23,25)(H,24,26)(H,27,28,29). The molecule has 0 saturated carbocycles. The summed E-state index contributed by atoms with van der Waals surface area (Å²) in [7, 11) is -4.50. The molecule has 3 aromatic rings. The first-order chi connectivity index (χ1) is 14.8. The molecule has 0 radical (unpaired) electrons. The van der Waals surface area contributed by atoms with Gasteiger partial charge in [-0.2, -0.15) is 8.42 Å². The highest BCUT2D eigenvalue weighted by Crippen LogP contribution is 2.26. The first-order valence-corrected chi connectivity index (χ1v) is 12.2. The zero-order valence-electron chi connectivity index (χ0n) is 17.2. The number of rotatable bonds is 9. The van der Waals surface area contributed by atoms with E-state index in [-0.39, 0.29) is 5.56 Å². The van der Waals surface area contributed by atoms with Crippen LogP contribution in [0.4, 0.5) is 10.8 Å². The summed E-state index contributed by atoms with van der Waals surface area (Å²) in [6, 6.07) is 12.8. The summed E-state index contributed by atoms with van der Waals surface area (Å²) in [6.45, 7) is 2.16. The van der Waals surface area contributed by atoms with Crippen molar-refractivity contribution in [2.24, 2.45) is 0 Å². The molecule has 31 heavy (non-hydrogen) atoms. The van der Waals surface area contributed by atoms with Crippen LogP contribution in [0.2, 0.25) is 0 Å². The van der Waals surface area contributed by atoms with Crippen molar-refractivity contribution in [3.63, 3.8) is 0 Å². The second-order valence-electron chi connectivity index (χ2n) is 7.18. The molecule has 1 amide bonds. The number of hydrogen-bond acceptors (Lipinski definition) is 6. The van der Waals surface area contributed by atoms with Crippen molar-refractivity contribution in [1.82, 2.24) is 4.98 Å². The van der Waals surface area contributed by atoms with Crippen molar-refractivity contribution in [1.29, 1.82) is 0 Å². The maximum absolute atomic E-state index is 12.5. The van der Waals surface area contributed by atoms with E-state index in [4.69, 9.17) is 5.73 Å². The normalized spacial score (nSPS) is 11.4. The Labute approximate surface area is 186 Å². The third-order valence-corrected chi connectivity index (χ3v) is 6.64. The Bertz CT molecular complexity index is 1160. The Hall–Kier alpha value is -2.75. The van der Waals surface area contributed by atoms with Crippen LogP contribution in [-0.2, 0) is 23.0 Å². The molecule has 4 N–H and O–H groups in total. The average Bonchev–Trinajstić information content (AvgIpc) is 3.08. The topological polar surface area (TPSA) is 122 Å². The van der Waals surface area contributed by atoms with Gasteiger partial charge in [0.2, 0.25) is 0 Å². The molecular formula is C22H25N3O4S2. The molecule has 0 atom stereocenters. The predicted molar refractivity (Wildman–Crippen MR) is 123 cm³/mol. The van der Waals surface area contributed by atoms with Crippen LogP contribution in [0.1, 0.15) is 52.7 Å². The van der Waals surface area contributed by atoms with Crippen molar-refractivity contribution >= 4 is 38.2 Å². The highest BCUT2D eigenvalue weighted by Gasteiger charge is 2.20. The van der Waals surface area contributed by atoms with Crippen molar-refractivity contribution in [3.05, 3.63) is 70.2 Å². The Morgan fingerprint density at radius 3 is 2.52 bits per heavy atom. The molecule has 164 valence electrons. The van der Waals surface area contributed by atoms with Crippen LogP contribution in [0.3, 0.4) is 0 Å². The van der Waals surface area contributed by atoms with Gasteiger partial charge in [-0.3, -0.25) is 9.35 Å². The van der Waals surface area contributed by atoms with Gasteiger partial charge in [0, 0.05) is 17.0 Å². The van der Waals surface area contributed by atoms with Gasteiger partial charge in [0.25, 0.3) is 16.0 Å². The lowest BCUT2D eigenvalue weighted by molar-refractivity contribution is 0.102. The molecule has 7 nitrogen and oxygen atoms in total. The Kier molecular flexibility index (Phi) is 7.42. The monoisotopic (exact) mass is 459 g/mol. The van der Waals surface area contributed by atoms with Gasteiger partial charge in [-0.15, -0.1) is 11.3 Å². The fourth-order valence-corrected chi connectivity index (χ4v) is 4.85. The summed E-state index contributed by atoms with van der Waals surface area (Å²) in [5.41, 5.74) is 8.42. The molecule has 0 aliphatic rings. The molecule has 0 unspecified atom stereocenters. The zero-order chi connectivity index (χ0) is 22.4. The number of anilines is 2. The number of carbonyl (C=O) groups excluding carboxylic acids is 1. The van der Waals surface area contributed by atoms with Gasteiger partial charge in [0.05, 0.1) is 11.3 Å². The summed E-state index contributed by atoms with van der Waals surface area (Å²) < 4.78 is 32.3. The number of aromatic nitrogens is 1. The molecule has 0 saturated heterocycles. The van der Waals surface area contributed by atoms with Crippen LogP contribution in [-0.4, -0.2) is 23.9 Å². The van der Waals surface area contributed by atoms with E-state index in [1.165, 1.54) is 35.6 Å². The second-order valence-corrected chi connectivity index (χ2v) is 9.68. The third kappa shape index (κ3) is 6.13. The van der Waals surface area contributed by atoms with E-state index in [1.807, 2.05) is 12.1 Å². The Morgan fingerprint density at radius 2 is 1.84 bits per heavy atom. The number of nitrogens with zero attached hydrogens (tertiary/aromatic N) is 1. The fraction of sp³-hybridized carbons (Fsp3) is 0.273. The molecule has 9 heteroatoms. The fourth-order valence-electron chi connectivity index (χ4n) is 3.25. The van der Waals surface area contributed by atoms with Crippen LogP contribution in [0.15, 0.2) is 53.4 Å². The maximum Gasteiger partial charge on any atom is 0.295 e. The van der Waals surface area contributed by atoms with Crippen LogP contribution in [0.5, 0.6) is 0 Å². The number of amides is 1. The van der Waals surface area contributed by atoms with Crippen LogP contribution in [0, 0.1) is 0 Å². The summed E-state index contributed by atoms with van der Waals surface area (Å²) >= 11 is 1.50. The molecule has 1 heterocycles. The quantitative estimate of drug-likeness (QED) is 0.319. The summed E-state index contributed by atoms with van der Waals surface area (Å²) in [6.07, 6.45) is 5.01. The maximum atomic E-state index is 12.5. The lowest BCUT2D eigenvalue weighted by Crippen LogP contribution is -2.16. The molecule has 0 aliphatic carbocycles. The van der Waals surface area contributed by atoms with Crippen molar-refractivity contribution in [2.45, 2.75) is 43.9 Å². The minimum absolute atomic E-state index is 0.120. The Balaban J connectivity index is 1.70. The van der Waals surface area contributed by atoms with E-state index in [0.29, 0.717) is 17.2 Å². The van der Waals surface area contributed by atoms with Gasteiger partial charge in [-0.05, 0) is 42.7 Å². The number of carbonyl (C=O) groups is 1. The summed E-state index contributed by atoms with van der Waals surface area (Å²) in [4.78, 5) is 17.7. The van der Waals surface area contributed by atoms with Crippen LogP contribution >= 0.6 is 11.3 Å². The minimum atomic E-state index is -4.50. The number of aryl methyl sites for hydroxylation is 1. The number of hydrogen-bond donors (Lipinski definition) is 3. The summed E-state index contributed by atoms with van der Waals surface area (Å²) in [5.74, 6) is -0.616. The van der Waals surface area contributed by atoms with Crippen LogP contribution < -0.4 is 11.1 Å². The number of benzene rings is 2. The van der Waals surface area contributed by atoms with E-state index in [0.717, 1.165) is 41.8 Å². The number of unbranched alkanes of at least 4 members (excludes halogenated alkanes) is 2. The van der Waals surface area contributed by atoms with Gasteiger partial charge in [0.1, 0.15) is 4.90 Å². The average molecular weight is 460 g/mol. The van der Waals surface area contributed by atoms with Gasteiger partial charge < -0.3 is 11.1 Å². The van der Waals surface area contributed by atoms with Crippen molar-refractivity contribution in [3.8, 4) is 0 Å². The molecule has 0 fully saturated rings. The van der Waals surface area contributed by atoms with Gasteiger partial charge in [-0.1, -0.05) is 44.0 Å². The Morgan fingerprint density at radius 1 is 1.13 bits per heavy atom. The molecule has 1 aromatic heterocycles. The van der Waals surface area contributed by atoms with Crippen molar-refractivity contribution < 1.29 is 17.8 Å². The second kappa shape index (κ2) is 10.0. The molecule has 0 bridgehead atoms. The van der Waals surface area contributed by atoms with E-state index in [9.17, 15) is 17.8 Å². The largest absolute Gasteiger partial charge is 0.375 e. The number of nitrogen functional groups attached to an aromatic ring is 1. The van der Waals surface area contributed by atoms with E-state index in [1.54, 1.807) is 12.1 Å². The molecule has 2 aromatic carbocycles. The number of thiazole rings is 1. The van der Waals surface area contributed by atoms with Gasteiger partial charge in [-0.25, -0.2) is 4.98 Å². The van der Waals surface area contributed by atoms with Gasteiger partial charge >= 0.3 is 0 Å². The van der Waals surface area contributed by atoms with E-state index >= 15 is 0 Å². The van der Waals surface area contributed by atoms with E-state index in [2.05, 4.69) is 17.2 Å². The number of nitrogens with one attached hydrogen (secondary N) is 1. The molecular weight excluding hydrogens is 434 g/mol. The lowest BCUT2D eigenvalue weighted by atomic mass is 10.1. The number of nitrogens with two attached hydrogens (primary N) is 1. The zero-order valence-corrected chi connectivity index (χ0v) is 18.8. The highest BCUT2D eigenvalue weighted by atomic mass is 32.2. The third-order valence-electron chi connectivity index (χ3n) is 4.80. The first-order valence-electron chi connectivity index (χ1n) is 9.98. The van der Waals surface area contributed by atoms with Crippen molar-refractivity contribution in [2.75, 3.05) is 11.1 Å². The van der Waals surface area contributed by atoms with Gasteiger partial charge in [0.15, 0.2) is 5.13 Å². The molecule has 3 rings (SSSR count). The molecule has 0 spiro atoms. The smallest absolute Gasteiger partial charge is 0.295 e. The SMILES string of the molecule is CCCCCc1nc(N)sc1Cc1ccc(NC(=O)c2ccccc2S(=O)(=O)O)cc1. The molecule has 0 aliphatic heterocycles. The van der Waals surface area contributed by atoms with E-state index < -0.39 is 20.9 Å². The minimum Gasteiger partial charge on any atom is -0.375 e. The van der Waals surface area contributed by atoms with Crippen LogP contribution in [0.25, 0.3) is 0 Å². The lowest BCUT2D eigenvalue weighted by Gasteiger charge is -2.09. The predicted octanol–water partition coefficient (Wildman–Crippen LogP) is 4.55. The highest BCUT2D eigenvalue weighted by molar-refractivity contribution is 7.86. The first kappa shape index (κ1) is 22.9.